The maximum atomic E-state index is 15.1. The number of nitrogens with zero attached hydrogens (tertiary/aromatic N) is 4. The highest BCUT2D eigenvalue weighted by Gasteiger charge is 2.40. The summed E-state index contributed by atoms with van der Waals surface area (Å²) >= 11 is 7.35. The van der Waals surface area contributed by atoms with Crippen LogP contribution in [-0.4, -0.2) is 113 Å². The summed E-state index contributed by atoms with van der Waals surface area (Å²) in [6.45, 7) is 4.31. The van der Waals surface area contributed by atoms with Gasteiger partial charge in [-0.25, -0.2) is 0 Å². The van der Waals surface area contributed by atoms with E-state index >= 15 is 9.59 Å². The second kappa shape index (κ2) is 18.4. The maximum absolute atomic E-state index is 15.1. The van der Waals surface area contributed by atoms with Crippen LogP contribution in [0.2, 0.25) is 0 Å². The van der Waals surface area contributed by atoms with Crippen LogP contribution in [0.1, 0.15) is 11.1 Å². The Hall–Kier alpha value is -4.82. The van der Waals surface area contributed by atoms with E-state index < -0.39 is 11.8 Å². The molecule has 0 saturated carbocycles. The molecule has 2 saturated heterocycles. The highest BCUT2D eigenvalue weighted by molar-refractivity contribution is 9.11. The third-order valence-corrected chi connectivity index (χ3v) is 12.0. The quantitative estimate of drug-likeness (QED) is 0.157. The summed E-state index contributed by atoms with van der Waals surface area (Å²) < 4.78 is 24.0. The molecule has 2 N–H and O–H groups in total. The molecule has 12 nitrogen and oxygen atoms in total. The van der Waals surface area contributed by atoms with Gasteiger partial charge in [0.2, 0.25) is 23.3 Å². The third kappa shape index (κ3) is 8.91. The van der Waals surface area contributed by atoms with E-state index in [1.165, 1.54) is 28.4 Å². The molecule has 0 radical (unpaired) electrons. The van der Waals surface area contributed by atoms with Crippen molar-refractivity contribution in [1.82, 2.24) is 9.80 Å². The number of methoxy groups -OCH3 is 4. The summed E-state index contributed by atoms with van der Waals surface area (Å²) in [6, 6.07) is 22.8. The number of carbonyl (C=O) groups is 2. The third-order valence-electron chi connectivity index (χ3n) is 10.7. The molecule has 0 unspecified atom stereocenters. The Morgan fingerprint density at radius 1 is 0.554 bits per heavy atom. The van der Waals surface area contributed by atoms with Crippen molar-refractivity contribution in [2.75, 3.05) is 90.6 Å². The van der Waals surface area contributed by atoms with Gasteiger partial charge in [0.1, 0.15) is 0 Å². The smallest absolute Gasteiger partial charge is 0.226 e. The molecular weight excluding hydrogens is 848 g/mol. The number of piperazine rings is 2. The average Bonchev–Trinajstić information content (AvgIpc) is 3.23. The first-order valence-electron chi connectivity index (χ1n) is 18.5. The topological polar surface area (TPSA) is 124 Å². The van der Waals surface area contributed by atoms with Gasteiger partial charge in [-0.05, 0) is 104 Å². The molecule has 56 heavy (non-hydrogen) atoms. The highest BCUT2D eigenvalue weighted by atomic mass is 79.9. The van der Waals surface area contributed by atoms with E-state index in [2.05, 4.69) is 53.8 Å². The van der Waals surface area contributed by atoms with Crippen LogP contribution >= 0.6 is 31.9 Å². The summed E-state index contributed by atoms with van der Waals surface area (Å²) in [7, 11) is 5.82. The second-order valence-corrected chi connectivity index (χ2v) is 15.6. The number of para-hydroxylation sites is 2. The average molecular weight is 897 g/mol. The van der Waals surface area contributed by atoms with Crippen molar-refractivity contribution in [1.29, 1.82) is 0 Å². The van der Waals surface area contributed by atoms with Gasteiger partial charge in [-0.3, -0.25) is 9.59 Å². The Morgan fingerprint density at radius 2 is 0.857 bits per heavy atom. The van der Waals surface area contributed by atoms with E-state index in [-0.39, 0.29) is 59.2 Å². The van der Waals surface area contributed by atoms with Crippen molar-refractivity contribution >= 4 is 55.0 Å². The lowest BCUT2D eigenvalue weighted by Gasteiger charge is -2.41. The summed E-state index contributed by atoms with van der Waals surface area (Å²) in [6.07, 6.45) is 0.325. The first kappa shape index (κ1) is 40.8. The number of ether oxygens (including phenoxy) is 4. The summed E-state index contributed by atoms with van der Waals surface area (Å²) in [5, 5.41) is 21.5. The molecular formula is C42H48Br2N4O8. The number of phenolic OH excluding ortho intramolecular Hbond substituents is 2. The number of benzene rings is 4. The van der Waals surface area contributed by atoms with Crippen LogP contribution in [0.15, 0.2) is 81.7 Å². The highest BCUT2D eigenvalue weighted by Crippen LogP contribution is 2.41. The minimum atomic E-state index is -0.830. The Bertz CT molecular complexity index is 1820. The van der Waals surface area contributed by atoms with Gasteiger partial charge in [0, 0.05) is 61.3 Å². The summed E-state index contributed by atoms with van der Waals surface area (Å²) in [5.74, 6) is -1.45. The second-order valence-electron chi connectivity index (χ2n) is 13.8. The van der Waals surface area contributed by atoms with Gasteiger partial charge in [-0.15, -0.1) is 0 Å². The molecule has 2 aliphatic rings. The lowest BCUT2D eigenvalue weighted by Crippen LogP contribution is -2.55. The monoisotopic (exact) mass is 894 g/mol. The van der Waals surface area contributed by atoms with Crippen molar-refractivity contribution in [3.05, 3.63) is 92.9 Å². The van der Waals surface area contributed by atoms with Gasteiger partial charge in [0.15, 0.2) is 23.0 Å². The number of rotatable bonds is 13. The van der Waals surface area contributed by atoms with Gasteiger partial charge < -0.3 is 48.8 Å². The number of hydrogen-bond acceptors (Lipinski definition) is 10. The molecule has 2 fully saturated rings. The molecule has 6 rings (SSSR count). The van der Waals surface area contributed by atoms with E-state index in [0.717, 1.165) is 20.3 Å². The molecule has 0 aliphatic carbocycles. The fourth-order valence-electron chi connectivity index (χ4n) is 7.66. The number of aromatic hydroxyl groups is 2. The minimum absolute atomic E-state index is 0.148. The number of carbonyl (C=O) groups excluding carboxylic acids is 2. The standard InChI is InChI=1S/C42H48Br2N4O8/c1-53-35-23-27(24-36(54-2)39(35)49)21-29(41(51)47-17-13-45(14-18-47)33-11-7-5-9-31(33)43)30(22-28-25-37(55-3)40(50)38(26-28)56-4)42(52)48-19-15-46(16-20-48)34-12-8-6-10-32(34)44/h5-12,23-26,29-30,49-50H,13-22H2,1-4H3/t29-,30+. The van der Waals surface area contributed by atoms with E-state index in [0.29, 0.717) is 63.5 Å². The minimum Gasteiger partial charge on any atom is -0.502 e. The van der Waals surface area contributed by atoms with Crippen LogP contribution in [0.5, 0.6) is 34.5 Å². The zero-order chi connectivity index (χ0) is 39.9. The number of anilines is 2. The predicted molar refractivity (Wildman–Crippen MR) is 223 cm³/mol. The Balaban J connectivity index is 1.38. The van der Waals surface area contributed by atoms with Crippen LogP contribution in [-0.2, 0) is 22.4 Å². The molecule has 2 aliphatic heterocycles. The van der Waals surface area contributed by atoms with E-state index in [1.54, 1.807) is 24.3 Å². The lowest BCUT2D eigenvalue weighted by molar-refractivity contribution is -0.146. The molecule has 0 aromatic heterocycles. The SMILES string of the molecule is COc1cc(C[C@H](C(=O)N2CCN(c3ccccc3Br)CC2)[C@@H](Cc2cc(OC)c(O)c(OC)c2)C(=O)N2CCN(c3ccccc3Br)CC2)cc(OC)c1O. The Labute approximate surface area is 344 Å². The molecule has 0 bridgehead atoms. The number of hydrogen-bond donors (Lipinski definition) is 2. The fourth-order valence-corrected chi connectivity index (χ4v) is 8.73. The van der Waals surface area contributed by atoms with Crippen LogP contribution in [0.4, 0.5) is 11.4 Å². The molecule has 4 aromatic rings. The van der Waals surface area contributed by atoms with Crippen molar-refractivity contribution in [2.24, 2.45) is 11.8 Å². The van der Waals surface area contributed by atoms with E-state index in [4.69, 9.17) is 18.9 Å². The molecule has 0 spiro atoms. The molecule has 2 atom stereocenters. The number of amides is 2. The normalized spacial score (nSPS) is 15.6. The number of halogens is 2. The molecule has 2 amide bonds. The zero-order valence-corrected chi connectivity index (χ0v) is 35.2. The zero-order valence-electron chi connectivity index (χ0n) is 32.0. The molecule has 14 heteroatoms. The maximum Gasteiger partial charge on any atom is 0.226 e. The fraction of sp³-hybridized carbons (Fsp3) is 0.381. The molecule has 298 valence electrons. The number of phenols is 2. The van der Waals surface area contributed by atoms with E-state index in [1.807, 2.05) is 46.2 Å². The first-order chi connectivity index (χ1) is 27.1. The largest absolute Gasteiger partial charge is 0.502 e. The van der Waals surface area contributed by atoms with Crippen molar-refractivity contribution < 1.29 is 38.7 Å². The molecule has 4 aromatic carbocycles. The van der Waals surface area contributed by atoms with Gasteiger partial charge in [0.25, 0.3) is 0 Å². The first-order valence-corrected chi connectivity index (χ1v) is 20.1. The summed E-state index contributed by atoms with van der Waals surface area (Å²) in [4.78, 5) is 38.4. The van der Waals surface area contributed by atoms with Crippen LogP contribution in [0.25, 0.3) is 0 Å². The van der Waals surface area contributed by atoms with Gasteiger partial charge in [0.05, 0.1) is 51.6 Å². The van der Waals surface area contributed by atoms with Crippen molar-refractivity contribution in [2.45, 2.75) is 12.8 Å². The van der Waals surface area contributed by atoms with Crippen LogP contribution < -0.4 is 28.7 Å². The van der Waals surface area contributed by atoms with Crippen LogP contribution in [0, 0.1) is 11.8 Å². The summed E-state index contributed by atoms with van der Waals surface area (Å²) in [5.41, 5.74) is 3.45. The predicted octanol–water partition coefficient (Wildman–Crippen LogP) is 6.37. The lowest BCUT2D eigenvalue weighted by atomic mass is 9.80. The Morgan fingerprint density at radius 3 is 1.14 bits per heavy atom. The van der Waals surface area contributed by atoms with Crippen molar-refractivity contribution in [3.8, 4) is 34.5 Å². The van der Waals surface area contributed by atoms with Crippen molar-refractivity contribution in [3.63, 3.8) is 0 Å². The van der Waals surface area contributed by atoms with Gasteiger partial charge in [-0.1, -0.05) is 24.3 Å². The van der Waals surface area contributed by atoms with Crippen LogP contribution in [0.3, 0.4) is 0 Å². The molecule has 2 heterocycles. The Kier molecular flexibility index (Phi) is 13.4. The van der Waals surface area contributed by atoms with Gasteiger partial charge >= 0.3 is 0 Å². The van der Waals surface area contributed by atoms with Gasteiger partial charge in [-0.2, -0.15) is 0 Å². The van der Waals surface area contributed by atoms with E-state index in [9.17, 15) is 10.2 Å².